The Kier molecular flexibility index (Phi) is 5.84. The SMILES string of the molecule is CC(C)(C)c1ccc(-c2cc([Si](C)(C)C)ccc2Nc2csc3cc4c(cc23)C2(C)CCC4(C)CC2)cc1. The molecule has 0 atom stereocenters. The van der Waals surface area contributed by atoms with Crippen LogP contribution in [0.25, 0.3) is 21.2 Å². The summed E-state index contributed by atoms with van der Waals surface area (Å²) in [6, 6.07) is 21.5. The average molecular weight is 538 g/mol. The van der Waals surface area contributed by atoms with Gasteiger partial charge in [-0.1, -0.05) is 95.8 Å². The Labute approximate surface area is 234 Å². The lowest BCUT2D eigenvalue weighted by molar-refractivity contribution is 0.188. The first-order valence-electron chi connectivity index (χ1n) is 14.4. The van der Waals surface area contributed by atoms with E-state index in [1.54, 1.807) is 11.1 Å². The van der Waals surface area contributed by atoms with Crippen LogP contribution in [0.2, 0.25) is 19.6 Å². The van der Waals surface area contributed by atoms with Crippen molar-refractivity contribution in [3.63, 3.8) is 0 Å². The van der Waals surface area contributed by atoms with Crippen LogP contribution < -0.4 is 10.5 Å². The first-order valence-corrected chi connectivity index (χ1v) is 18.7. The largest absolute Gasteiger partial charge is 0.354 e. The van der Waals surface area contributed by atoms with E-state index < -0.39 is 8.07 Å². The lowest BCUT2D eigenvalue weighted by atomic mass is 9.52. The van der Waals surface area contributed by atoms with E-state index in [-0.39, 0.29) is 5.41 Å². The molecule has 3 aromatic carbocycles. The van der Waals surface area contributed by atoms with Crippen molar-refractivity contribution in [2.75, 3.05) is 5.32 Å². The van der Waals surface area contributed by atoms with Gasteiger partial charge in [0.1, 0.15) is 0 Å². The molecule has 3 aliphatic rings. The van der Waals surface area contributed by atoms with E-state index in [9.17, 15) is 0 Å². The molecule has 1 aromatic heterocycles. The zero-order chi connectivity index (χ0) is 27.1. The van der Waals surface area contributed by atoms with Gasteiger partial charge in [-0.15, -0.1) is 11.3 Å². The van der Waals surface area contributed by atoms with E-state index in [0.29, 0.717) is 10.8 Å². The van der Waals surface area contributed by atoms with Crippen LogP contribution in [0.3, 0.4) is 0 Å². The zero-order valence-corrected chi connectivity index (χ0v) is 26.3. The standard InChI is InChI=1S/C35H43NSSi/c1-33(2,3)24-11-9-23(10-12-24)26-19-25(38(6,7)8)13-14-30(26)36-31-22-37-32-21-29-28(20-27(31)32)34(4)15-17-35(29,5)18-16-34/h9-14,19-22,36H,15-18H2,1-8H3. The second-order valence-electron chi connectivity index (χ2n) is 14.6. The minimum absolute atomic E-state index is 0.154. The third kappa shape index (κ3) is 4.27. The monoisotopic (exact) mass is 537 g/mol. The van der Waals surface area contributed by atoms with Gasteiger partial charge in [-0.2, -0.15) is 0 Å². The number of hydrogen-bond donors (Lipinski definition) is 1. The van der Waals surface area contributed by atoms with Crippen LogP contribution in [-0.2, 0) is 16.2 Å². The molecule has 1 fully saturated rings. The third-order valence-corrected chi connectivity index (χ3v) is 12.7. The third-order valence-electron chi connectivity index (χ3n) is 9.69. The summed E-state index contributed by atoms with van der Waals surface area (Å²) in [5, 5.41) is 9.13. The van der Waals surface area contributed by atoms with E-state index in [1.807, 2.05) is 11.3 Å². The van der Waals surface area contributed by atoms with Crippen molar-refractivity contribution in [1.29, 1.82) is 0 Å². The number of rotatable bonds is 4. The summed E-state index contributed by atoms with van der Waals surface area (Å²) < 4.78 is 1.42. The Balaban J connectivity index is 1.44. The molecular formula is C35H43NSSi. The molecule has 2 bridgehead atoms. The molecule has 0 saturated heterocycles. The van der Waals surface area contributed by atoms with Gasteiger partial charge >= 0.3 is 0 Å². The molecule has 7 rings (SSSR count). The molecule has 198 valence electrons. The van der Waals surface area contributed by atoms with Crippen molar-refractivity contribution < 1.29 is 0 Å². The molecule has 0 amide bonds. The average Bonchev–Trinajstić information content (AvgIpc) is 3.25. The van der Waals surface area contributed by atoms with Gasteiger partial charge in [0, 0.05) is 26.7 Å². The molecule has 3 heteroatoms. The molecule has 38 heavy (non-hydrogen) atoms. The minimum atomic E-state index is -1.45. The molecule has 0 radical (unpaired) electrons. The highest BCUT2D eigenvalue weighted by Crippen LogP contribution is 2.57. The van der Waals surface area contributed by atoms with Gasteiger partial charge in [0.25, 0.3) is 0 Å². The summed E-state index contributed by atoms with van der Waals surface area (Å²) in [5.74, 6) is 0. The highest BCUT2D eigenvalue weighted by molar-refractivity contribution is 7.17. The fraction of sp³-hybridized carbons (Fsp3) is 0.429. The summed E-state index contributed by atoms with van der Waals surface area (Å²) in [4.78, 5) is 0. The second-order valence-corrected chi connectivity index (χ2v) is 20.6. The summed E-state index contributed by atoms with van der Waals surface area (Å²) in [6.45, 7) is 19.2. The summed E-state index contributed by atoms with van der Waals surface area (Å²) in [7, 11) is -1.45. The lowest BCUT2D eigenvalue weighted by Gasteiger charge is -2.52. The van der Waals surface area contributed by atoms with Crippen molar-refractivity contribution >= 4 is 46.1 Å². The van der Waals surface area contributed by atoms with Crippen LogP contribution >= 0.6 is 11.3 Å². The van der Waals surface area contributed by atoms with Gasteiger partial charge in [0.05, 0.1) is 13.8 Å². The fourth-order valence-corrected chi connectivity index (χ4v) is 8.79. The van der Waals surface area contributed by atoms with Crippen molar-refractivity contribution in [2.24, 2.45) is 0 Å². The molecule has 0 aliphatic heterocycles. The van der Waals surface area contributed by atoms with Crippen molar-refractivity contribution in [3.8, 4) is 11.1 Å². The molecule has 1 heterocycles. The van der Waals surface area contributed by atoms with Crippen molar-refractivity contribution in [2.45, 2.75) is 96.2 Å². The number of hydrogen-bond acceptors (Lipinski definition) is 2. The van der Waals surface area contributed by atoms with Crippen LogP contribution in [0.15, 0.2) is 60.0 Å². The molecule has 1 nitrogen and oxygen atoms in total. The second kappa shape index (κ2) is 8.57. The van der Waals surface area contributed by atoms with Crippen LogP contribution in [0.1, 0.15) is 77.0 Å². The van der Waals surface area contributed by atoms with Gasteiger partial charge in [0.15, 0.2) is 0 Å². The van der Waals surface area contributed by atoms with E-state index in [1.165, 1.54) is 69.0 Å². The number of thiophene rings is 1. The fourth-order valence-electron chi connectivity index (χ4n) is 6.71. The molecule has 4 aromatic rings. The summed E-state index contributed by atoms with van der Waals surface area (Å²) in [5.41, 5.74) is 10.5. The molecule has 3 aliphatic carbocycles. The zero-order valence-electron chi connectivity index (χ0n) is 24.5. The summed E-state index contributed by atoms with van der Waals surface area (Å²) in [6.07, 6.45) is 5.31. The highest BCUT2D eigenvalue weighted by Gasteiger charge is 2.47. The van der Waals surface area contributed by atoms with E-state index >= 15 is 0 Å². The van der Waals surface area contributed by atoms with Gasteiger partial charge in [-0.3, -0.25) is 0 Å². The molecule has 0 spiro atoms. The predicted octanol–water partition coefficient (Wildman–Crippen LogP) is 10.3. The van der Waals surface area contributed by atoms with Gasteiger partial charge < -0.3 is 5.32 Å². The molecule has 1 N–H and O–H groups in total. The maximum atomic E-state index is 3.92. The minimum Gasteiger partial charge on any atom is -0.354 e. The smallest absolute Gasteiger partial charge is 0.0776 e. The Hall–Kier alpha value is -2.36. The quantitative estimate of drug-likeness (QED) is 0.255. The Morgan fingerprint density at radius 3 is 1.95 bits per heavy atom. The van der Waals surface area contributed by atoms with Crippen LogP contribution in [0.4, 0.5) is 11.4 Å². The molecule has 1 saturated carbocycles. The molecule has 0 unspecified atom stereocenters. The van der Waals surface area contributed by atoms with E-state index in [0.717, 1.165) is 0 Å². The normalized spacial score (nSPS) is 23.1. The Morgan fingerprint density at radius 2 is 1.37 bits per heavy atom. The van der Waals surface area contributed by atoms with E-state index in [4.69, 9.17) is 0 Å². The van der Waals surface area contributed by atoms with Gasteiger partial charge in [-0.25, -0.2) is 0 Å². The first kappa shape index (κ1) is 25.9. The van der Waals surface area contributed by atoms with Gasteiger partial charge in [-0.05, 0) is 82.4 Å². The maximum absolute atomic E-state index is 3.92. The van der Waals surface area contributed by atoms with E-state index in [2.05, 4.69) is 120 Å². The van der Waals surface area contributed by atoms with Crippen LogP contribution in [0, 0.1) is 0 Å². The topological polar surface area (TPSA) is 12.0 Å². The first-order chi connectivity index (χ1) is 17.8. The predicted molar refractivity (Wildman–Crippen MR) is 172 cm³/mol. The molecular weight excluding hydrogens is 495 g/mol. The number of anilines is 2. The highest BCUT2D eigenvalue weighted by atomic mass is 32.1. The Morgan fingerprint density at radius 1 is 0.763 bits per heavy atom. The number of fused-ring (bicyclic) bond motifs is 3. The number of benzene rings is 3. The lowest BCUT2D eigenvalue weighted by Crippen LogP contribution is -2.44. The Bertz CT molecular complexity index is 1520. The van der Waals surface area contributed by atoms with Crippen molar-refractivity contribution in [1.82, 2.24) is 0 Å². The maximum Gasteiger partial charge on any atom is 0.0776 e. The van der Waals surface area contributed by atoms with Crippen LogP contribution in [0.5, 0.6) is 0 Å². The van der Waals surface area contributed by atoms with Crippen molar-refractivity contribution in [3.05, 3.63) is 76.7 Å². The van der Waals surface area contributed by atoms with Gasteiger partial charge in [0.2, 0.25) is 0 Å². The number of nitrogens with one attached hydrogen (secondary N) is 1. The van der Waals surface area contributed by atoms with Crippen LogP contribution in [-0.4, -0.2) is 8.07 Å². The summed E-state index contributed by atoms with van der Waals surface area (Å²) >= 11 is 1.89.